The molecule has 1 aliphatic rings. The number of halogens is 2. The van der Waals surface area contributed by atoms with E-state index in [1.807, 2.05) is 0 Å². The smallest absolute Gasteiger partial charge is 0.244 e. The van der Waals surface area contributed by atoms with Gasteiger partial charge in [-0.05, 0) is 37.5 Å². The molecule has 1 fully saturated rings. The zero-order chi connectivity index (χ0) is 15.7. The second-order valence-corrected chi connectivity index (χ2v) is 7.07. The summed E-state index contributed by atoms with van der Waals surface area (Å²) in [6.45, 7) is 2.33. The summed E-state index contributed by atoms with van der Waals surface area (Å²) in [7, 11) is -4.20. The first kappa shape index (κ1) is 16.3. The van der Waals surface area contributed by atoms with Gasteiger partial charge in [-0.15, -0.1) is 0 Å². The van der Waals surface area contributed by atoms with Crippen molar-refractivity contribution in [2.45, 2.75) is 36.7 Å². The van der Waals surface area contributed by atoms with E-state index in [0.717, 1.165) is 12.1 Å². The zero-order valence-electron chi connectivity index (χ0n) is 11.7. The van der Waals surface area contributed by atoms with E-state index in [4.69, 9.17) is 10.5 Å². The molecule has 1 saturated heterocycles. The quantitative estimate of drug-likeness (QED) is 0.875. The van der Waals surface area contributed by atoms with Gasteiger partial charge in [0, 0.05) is 13.2 Å². The molecule has 1 aromatic carbocycles. The molecule has 21 heavy (non-hydrogen) atoms. The van der Waals surface area contributed by atoms with Crippen molar-refractivity contribution in [2.75, 3.05) is 13.2 Å². The molecule has 118 valence electrons. The number of rotatable bonds is 4. The van der Waals surface area contributed by atoms with Crippen molar-refractivity contribution in [1.82, 2.24) is 4.72 Å². The average Bonchev–Trinajstić information content (AvgIpc) is 2.41. The lowest BCUT2D eigenvalue weighted by molar-refractivity contribution is 0.0386. The molecule has 1 atom stereocenters. The third-order valence-electron chi connectivity index (χ3n) is 3.40. The van der Waals surface area contributed by atoms with E-state index < -0.39 is 32.1 Å². The van der Waals surface area contributed by atoms with Crippen LogP contribution in [0.4, 0.5) is 8.78 Å². The molecule has 2 rings (SSSR count). The van der Waals surface area contributed by atoms with E-state index >= 15 is 0 Å². The molecule has 0 radical (unpaired) electrons. The van der Waals surface area contributed by atoms with Gasteiger partial charge in [0.25, 0.3) is 0 Å². The Kier molecular flexibility index (Phi) is 4.62. The van der Waals surface area contributed by atoms with Gasteiger partial charge in [-0.2, -0.15) is 0 Å². The summed E-state index contributed by atoms with van der Waals surface area (Å²) in [5.41, 5.74) is 4.74. The number of sulfonamides is 1. The van der Waals surface area contributed by atoms with Crippen LogP contribution in [-0.2, 0) is 21.3 Å². The topological polar surface area (TPSA) is 81.4 Å². The van der Waals surface area contributed by atoms with Crippen LogP contribution in [0.15, 0.2) is 17.0 Å². The number of nitrogens with two attached hydrogens (primary N) is 1. The zero-order valence-corrected chi connectivity index (χ0v) is 12.5. The summed E-state index contributed by atoms with van der Waals surface area (Å²) in [5.74, 6) is -2.64. The summed E-state index contributed by atoms with van der Waals surface area (Å²) >= 11 is 0. The Morgan fingerprint density at radius 2 is 2.14 bits per heavy atom. The first-order valence-electron chi connectivity index (χ1n) is 6.57. The fourth-order valence-electron chi connectivity index (χ4n) is 2.32. The molecule has 0 bridgehead atoms. The highest BCUT2D eigenvalue weighted by molar-refractivity contribution is 7.89. The Balaban J connectivity index is 2.37. The number of hydrogen-bond acceptors (Lipinski definition) is 4. The highest BCUT2D eigenvalue weighted by atomic mass is 32.2. The van der Waals surface area contributed by atoms with Crippen LogP contribution in [-0.4, -0.2) is 27.2 Å². The minimum atomic E-state index is -4.20. The predicted molar refractivity (Wildman–Crippen MR) is 73.0 cm³/mol. The van der Waals surface area contributed by atoms with E-state index in [1.165, 1.54) is 0 Å². The molecule has 0 amide bonds. The second-order valence-electron chi connectivity index (χ2n) is 5.42. The van der Waals surface area contributed by atoms with E-state index in [9.17, 15) is 17.2 Å². The van der Waals surface area contributed by atoms with Crippen LogP contribution in [0.3, 0.4) is 0 Å². The average molecular weight is 320 g/mol. The van der Waals surface area contributed by atoms with Crippen LogP contribution in [0, 0.1) is 11.6 Å². The maximum atomic E-state index is 13.8. The Hall–Kier alpha value is -1.09. The maximum absolute atomic E-state index is 13.8. The normalized spacial score (nSPS) is 23.2. The molecular formula is C13H18F2N2O3S. The molecule has 1 aliphatic heterocycles. The van der Waals surface area contributed by atoms with Gasteiger partial charge in [0.15, 0.2) is 11.6 Å². The summed E-state index contributed by atoms with van der Waals surface area (Å²) in [6, 6.07) is 1.94. The minimum Gasteiger partial charge on any atom is -0.380 e. The van der Waals surface area contributed by atoms with Crippen molar-refractivity contribution < 1.29 is 21.9 Å². The largest absolute Gasteiger partial charge is 0.380 e. The van der Waals surface area contributed by atoms with Crippen LogP contribution >= 0.6 is 0 Å². The van der Waals surface area contributed by atoms with E-state index in [-0.39, 0.29) is 18.7 Å². The summed E-state index contributed by atoms with van der Waals surface area (Å²) < 4.78 is 59.6. The van der Waals surface area contributed by atoms with E-state index in [0.29, 0.717) is 19.4 Å². The van der Waals surface area contributed by atoms with Crippen LogP contribution in [0.5, 0.6) is 0 Å². The Morgan fingerprint density at radius 1 is 1.43 bits per heavy atom. The number of ether oxygens (including phenoxy) is 1. The first-order chi connectivity index (χ1) is 9.77. The molecule has 0 aromatic heterocycles. The third-order valence-corrected chi connectivity index (χ3v) is 5.04. The molecule has 1 unspecified atom stereocenters. The molecule has 1 aromatic rings. The molecule has 3 N–H and O–H groups in total. The molecular weight excluding hydrogens is 302 g/mol. The fraction of sp³-hybridized carbons (Fsp3) is 0.538. The Labute approximate surface area is 122 Å². The van der Waals surface area contributed by atoms with Crippen LogP contribution < -0.4 is 10.5 Å². The molecule has 0 saturated carbocycles. The predicted octanol–water partition coefficient (Wildman–Crippen LogP) is 1.27. The van der Waals surface area contributed by atoms with Crippen molar-refractivity contribution >= 4 is 10.0 Å². The van der Waals surface area contributed by atoms with Gasteiger partial charge in [-0.25, -0.2) is 21.9 Å². The lowest BCUT2D eigenvalue weighted by atomic mass is 9.97. The van der Waals surface area contributed by atoms with Gasteiger partial charge in [0.05, 0.1) is 12.1 Å². The van der Waals surface area contributed by atoms with E-state index in [1.54, 1.807) is 6.92 Å². The van der Waals surface area contributed by atoms with Crippen molar-refractivity contribution in [2.24, 2.45) is 5.73 Å². The van der Waals surface area contributed by atoms with Gasteiger partial charge in [-0.3, -0.25) is 0 Å². The lowest BCUT2D eigenvalue weighted by Crippen LogP contribution is -2.51. The molecule has 0 spiro atoms. The molecule has 8 heteroatoms. The second kappa shape index (κ2) is 5.96. The lowest BCUT2D eigenvalue weighted by Gasteiger charge is -2.33. The SMILES string of the molecule is CC1(NS(=O)(=O)c2cc(CN)cc(F)c2F)CCCOC1. The number of nitrogens with one attached hydrogen (secondary N) is 1. The fourth-order valence-corrected chi connectivity index (χ4v) is 3.88. The summed E-state index contributed by atoms with van der Waals surface area (Å²) in [6.07, 6.45) is 1.26. The van der Waals surface area contributed by atoms with Crippen molar-refractivity contribution in [3.05, 3.63) is 29.3 Å². The van der Waals surface area contributed by atoms with E-state index in [2.05, 4.69) is 4.72 Å². The van der Waals surface area contributed by atoms with Crippen molar-refractivity contribution in [3.8, 4) is 0 Å². The van der Waals surface area contributed by atoms with Gasteiger partial charge in [0.2, 0.25) is 10.0 Å². The molecule has 0 aliphatic carbocycles. The molecule has 5 nitrogen and oxygen atoms in total. The van der Waals surface area contributed by atoms with Gasteiger partial charge in [-0.1, -0.05) is 0 Å². The van der Waals surface area contributed by atoms with Gasteiger partial charge in [0.1, 0.15) is 4.90 Å². The van der Waals surface area contributed by atoms with Crippen molar-refractivity contribution in [3.63, 3.8) is 0 Å². The van der Waals surface area contributed by atoms with Gasteiger partial charge >= 0.3 is 0 Å². The Bertz CT molecular complexity index is 629. The minimum absolute atomic E-state index is 0.0832. The standard InChI is InChI=1S/C13H18F2N2O3S/c1-13(3-2-4-20-8-13)17-21(18,19)11-6-9(7-16)5-10(14)12(11)15/h5-6,17H,2-4,7-8,16H2,1H3. The molecule has 1 heterocycles. The summed E-state index contributed by atoms with van der Waals surface area (Å²) in [4.78, 5) is -0.727. The highest BCUT2D eigenvalue weighted by Crippen LogP contribution is 2.24. The monoisotopic (exact) mass is 320 g/mol. The van der Waals surface area contributed by atoms with Crippen molar-refractivity contribution in [1.29, 1.82) is 0 Å². The van der Waals surface area contributed by atoms with Crippen LogP contribution in [0.2, 0.25) is 0 Å². The first-order valence-corrected chi connectivity index (χ1v) is 8.05. The Morgan fingerprint density at radius 3 is 2.71 bits per heavy atom. The van der Waals surface area contributed by atoms with Gasteiger partial charge < -0.3 is 10.5 Å². The van der Waals surface area contributed by atoms with Crippen LogP contribution in [0.1, 0.15) is 25.3 Å². The third kappa shape index (κ3) is 3.57. The number of hydrogen-bond donors (Lipinski definition) is 2. The number of benzene rings is 1. The van der Waals surface area contributed by atoms with Crippen LogP contribution in [0.25, 0.3) is 0 Å². The maximum Gasteiger partial charge on any atom is 0.244 e. The highest BCUT2D eigenvalue weighted by Gasteiger charge is 2.34. The summed E-state index contributed by atoms with van der Waals surface area (Å²) in [5, 5.41) is 0.